The molecule has 3 rings (SSSR count). The molecule has 0 saturated carbocycles. The minimum absolute atomic E-state index is 0.274. The lowest BCUT2D eigenvalue weighted by Gasteiger charge is -2.46. The van der Waals surface area contributed by atoms with E-state index in [1.54, 1.807) is 12.2 Å². The number of fused-ring (bicyclic) bond motifs is 1. The fourth-order valence-electron chi connectivity index (χ4n) is 3.72. The van der Waals surface area contributed by atoms with Crippen molar-refractivity contribution in [1.29, 1.82) is 0 Å². The van der Waals surface area contributed by atoms with Gasteiger partial charge in [-0.05, 0) is 11.6 Å². The van der Waals surface area contributed by atoms with Crippen LogP contribution < -0.4 is 0 Å². The summed E-state index contributed by atoms with van der Waals surface area (Å²) in [5.74, 6) is -0.760. The SMILES string of the molecule is OCC1=C[C@@H](O)[C@@H]2C=CO[C@@H]([C@H]3O[C@@H](CO)[C@@H](O)[C@@H](O)[C@H]3O)[C@H]12. The van der Waals surface area contributed by atoms with Gasteiger partial charge < -0.3 is 40.1 Å². The lowest BCUT2D eigenvalue weighted by Crippen LogP contribution is -2.63. The number of ether oxygens (including phenoxy) is 2. The number of aliphatic hydroxyl groups is 6. The summed E-state index contributed by atoms with van der Waals surface area (Å²) in [6, 6.07) is 0. The smallest absolute Gasteiger partial charge is 0.134 e. The van der Waals surface area contributed by atoms with E-state index in [-0.39, 0.29) is 12.5 Å². The topological polar surface area (TPSA) is 140 Å². The highest BCUT2D eigenvalue weighted by atomic mass is 16.6. The highest BCUT2D eigenvalue weighted by Gasteiger charge is 2.53. The van der Waals surface area contributed by atoms with Crippen LogP contribution in [0.3, 0.4) is 0 Å². The molecule has 1 fully saturated rings. The molecule has 0 unspecified atom stereocenters. The van der Waals surface area contributed by atoms with E-state index >= 15 is 0 Å². The molecule has 0 aromatic rings. The van der Waals surface area contributed by atoms with E-state index in [2.05, 4.69) is 0 Å². The van der Waals surface area contributed by atoms with Crippen molar-refractivity contribution in [1.82, 2.24) is 0 Å². The third kappa shape index (κ3) is 2.70. The van der Waals surface area contributed by atoms with Crippen LogP contribution in [0.5, 0.6) is 0 Å². The molecule has 1 saturated heterocycles. The van der Waals surface area contributed by atoms with Crippen molar-refractivity contribution in [3.63, 3.8) is 0 Å². The van der Waals surface area contributed by atoms with E-state index in [4.69, 9.17) is 9.47 Å². The predicted molar refractivity (Wildman–Crippen MR) is 75.9 cm³/mol. The van der Waals surface area contributed by atoms with Crippen LogP contribution in [0, 0.1) is 11.8 Å². The minimum Gasteiger partial charge on any atom is -0.495 e. The first-order valence-corrected chi connectivity index (χ1v) is 7.61. The Bertz CT molecular complexity index is 490. The molecule has 3 aliphatic rings. The van der Waals surface area contributed by atoms with Gasteiger partial charge in [0, 0.05) is 11.8 Å². The summed E-state index contributed by atoms with van der Waals surface area (Å²) in [4.78, 5) is 0. The van der Waals surface area contributed by atoms with Crippen LogP contribution in [-0.2, 0) is 9.47 Å². The van der Waals surface area contributed by atoms with Gasteiger partial charge in [0.1, 0.15) is 36.6 Å². The summed E-state index contributed by atoms with van der Waals surface area (Å²) in [6.07, 6.45) is -3.35. The van der Waals surface area contributed by atoms with Crippen LogP contribution >= 0.6 is 0 Å². The normalized spacial score (nSPS) is 49.5. The van der Waals surface area contributed by atoms with Gasteiger partial charge in [-0.2, -0.15) is 0 Å². The lowest BCUT2D eigenvalue weighted by molar-refractivity contribution is -0.255. The summed E-state index contributed by atoms with van der Waals surface area (Å²) >= 11 is 0. The number of aliphatic hydroxyl groups excluding tert-OH is 6. The van der Waals surface area contributed by atoms with E-state index in [1.165, 1.54) is 6.26 Å². The van der Waals surface area contributed by atoms with Crippen molar-refractivity contribution < 1.29 is 40.1 Å². The highest BCUT2D eigenvalue weighted by Crippen LogP contribution is 2.42. The molecule has 130 valence electrons. The first-order chi connectivity index (χ1) is 11.0. The first-order valence-electron chi connectivity index (χ1n) is 7.61. The summed E-state index contributed by atoms with van der Waals surface area (Å²) in [6.45, 7) is -0.799. The zero-order chi connectivity index (χ0) is 16.7. The monoisotopic (exact) mass is 330 g/mol. The van der Waals surface area contributed by atoms with Gasteiger partial charge >= 0.3 is 0 Å². The molecular formula is C15H22O8. The molecule has 23 heavy (non-hydrogen) atoms. The molecule has 2 aliphatic heterocycles. The Morgan fingerprint density at radius 3 is 2.35 bits per heavy atom. The van der Waals surface area contributed by atoms with Crippen LogP contribution in [0.15, 0.2) is 24.0 Å². The fourth-order valence-corrected chi connectivity index (χ4v) is 3.72. The molecule has 0 aromatic heterocycles. The van der Waals surface area contributed by atoms with Crippen molar-refractivity contribution in [2.45, 2.75) is 42.7 Å². The third-order valence-electron chi connectivity index (χ3n) is 4.95. The van der Waals surface area contributed by atoms with E-state index < -0.39 is 55.3 Å². The molecule has 0 amide bonds. The van der Waals surface area contributed by atoms with E-state index in [0.29, 0.717) is 5.57 Å². The fraction of sp³-hybridized carbons (Fsp3) is 0.733. The van der Waals surface area contributed by atoms with Crippen LogP contribution in [0.25, 0.3) is 0 Å². The van der Waals surface area contributed by atoms with Crippen LogP contribution in [-0.4, -0.2) is 86.6 Å². The molecule has 8 heteroatoms. The Hall–Kier alpha value is -1.00. The Balaban J connectivity index is 1.88. The molecule has 0 spiro atoms. The Morgan fingerprint density at radius 2 is 1.70 bits per heavy atom. The zero-order valence-corrected chi connectivity index (χ0v) is 12.3. The van der Waals surface area contributed by atoms with Crippen molar-refractivity contribution in [2.75, 3.05) is 13.2 Å². The molecular weight excluding hydrogens is 308 g/mol. The van der Waals surface area contributed by atoms with Crippen molar-refractivity contribution in [3.8, 4) is 0 Å². The summed E-state index contributed by atoms with van der Waals surface area (Å²) in [5.41, 5.74) is 0.564. The van der Waals surface area contributed by atoms with Gasteiger partial charge in [0.15, 0.2) is 0 Å². The molecule has 0 radical (unpaired) electrons. The van der Waals surface area contributed by atoms with Crippen LogP contribution in [0.2, 0.25) is 0 Å². The summed E-state index contributed by atoms with van der Waals surface area (Å²) in [7, 11) is 0. The maximum atomic E-state index is 10.3. The zero-order valence-electron chi connectivity index (χ0n) is 12.3. The first kappa shape index (κ1) is 16.8. The average molecular weight is 330 g/mol. The third-order valence-corrected chi connectivity index (χ3v) is 4.95. The standard InChI is InChI=1S/C15H22O8/c16-4-6-3-8(18)7-1-2-22-14(10(6)7)15-13(21)12(20)11(19)9(5-17)23-15/h1-3,7-21H,4-5H2/t7-,8+,9-,10+,11+,12+,13+,14+,15-/m0/s1. The largest absolute Gasteiger partial charge is 0.495 e. The van der Waals surface area contributed by atoms with Gasteiger partial charge in [0.2, 0.25) is 0 Å². The van der Waals surface area contributed by atoms with Gasteiger partial charge in [-0.3, -0.25) is 0 Å². The Kier molecular flexibility index (Phi) is 4.75. The number of hydrogen-bond donors (Lipinski definition) is 6. The predicted octanol–water partition coefficient (Wildman–Crippen LogP) is -2.73. The van der Waals surface area contributed by atoms with Crippen molar-refractivity contribution in [2.24, 2.45) is 11.8 Å². The molecule has 2 heterocycles. The second kappa shape index (κ2) is 6.48. The lowest BCUT2D eigenvalue weighted by atomic mass is 9.78. The van der Waals surface area contributed by atoms with Gasteiger partial charge in [-0.1, -0.05) is 6.08 Å². The van der Waals surface area contributed by atoms with E-state index in [0.717, 1.165) is 0 Å². The molecule has 0 aromatic carbocycles. The number of rotatable bonds is 3. The minimum atomic E-state index is -1.49. The van der Waals surface area contributed by atoms with Crippen molar-refractivity contribution in [3.05, 3.63) is 24.0 Å². The van der Waals surface area contributed by atoms with Gasteiger partial charge in [-0.25, -0.2) is 0 Å². The second-order valence-corrected chi connectivity index (χ2v) is 6.22. The van der Waals surface area contributed by atoms with E-state index in [9.17, 15) is 30.6 Å². The Morgan fingerprint density at radius 1 is 0.957 bits per heavy atom. The maximum absolute atomic E-state index is 10.3. The Labute approximate surface area is 132 Å². The average Bonchev–Trinajstić information content (AvgIpc) is 2.90. The van der Waals surface area contributed by atoms with Crippen molar-refractivity contribution >= 4 is 0 Å². The van der Waals surface area contributed by atoms with Gasteiger partial charge in [-0.15, -0.1) is 0 Å². The molecule has 9 atom stereocenters. The van der Waals surface area contributed by atoms with E-state index in [1.807, 2.05) is 0 Å². The van der Waals surface area contributed by atoms with Gasteiger partial charge in [0.05, 0.1) is 25.6 Å². The summed E-state index contributed by atoms with van der Waals surface area (Å²) < 4.78 is 11.1. The maximum Gasteiger partial charge on any atom is 0.134 e. The molecule has 6 N–H and O–H groups in total. The quantitative estimate of drug-likeness (QED) is 0.307. The highest BCUT2D eigenvalue weighted by molar-refractivity contribution is 5.27. The second-order valence-electron chi connectivity index (χ2n) is 6.22. The molecule has 8 nitrogen and oxygen atoms in total. The summed E-state index contributed by atoms with van der Waals surface area (Å²) in [5, 5.41) is 58.9. The van der Waals surface area contributed by atoms with Gasteiger partial charge in [0.25, 0.3) is 0 Å². The molecule has 0 bridgehead atoms. The molecule has 1 aliphatic carbocycles. The number of hydrogen-bond acceptors (Lipinski definition) is 8. The van der Waals surface area contributed by atoms with Crippen LogP contribution in [0.1, 0.15) is 0 Å². The van der Waals surface area contributed by atoms with Crippen LogP contribution in [0.4, 0.5) is 0 Å².